The standard InChI is InChI=1S/C12H23NO4S/c1-9(2)12-10(4-6-17-12)8-13-11(14)5-7-18(3,15)16/h9-10,12H,4-8H2,1-3H3,(H,13,14)/t10-,12-/m1/s1. The lowest BCUT2D eigenvalue weighted by Gasteiger charge is -2.22. The van der Waals surface area contributed by atoms with Gasteiger partial charge in [-0.05, 0) is 12.3 Å². The van der Waals surface area contributed by atoms with E-state index in [1.165, 1.54) is 0 Å². The van der Waals surface area contributed by atoms with Crippen molar-refractivity contribution in [3.05, 3.63) is 0 Å². The van der Waals surface area contributed by atoms with Crippen LogP contribution in [-0.4, -0.2) is 45.6 Å². The summed E-state index contributed by atoms with van der Waals surface area (Å²) < 4.78 is 27.5. The Morgan fingerprint density at radius 3 is 2.67 bits per heavy atom. The largest absolute Gasteiger partial charge is 0.378 e. The summed E-state index contributed by atoms with van der Waals surface area (Å²) in [6.45, 7) is 5.53. The SMILES string of the molecule is CC(C)[C@H]1OCC[C@@H]1CNC(=O)CCS(C)(=O)=O. The molecule has 0 aliphatic carbocycles. The van der Waals surface area contributed by atoms with Crippen molar-refractivity contribution in [3.63, 3.8) is 0 Å². The van der Waals surface area contributed by atoms with Crippen molar-refractivity contribution in [1.82, 2.24) is 5.32 Å². The Balaban J connectivity index is 2.30. The molecular weight excluding hydrogens is 254 g/mol. The molecule has 0 aromatic heterocycles. The quantitative estimate of drug-likeness (QED) is 0.771. The molecule has 1 heterocycles. The number of rotatable bonds is 6. The zero-order valence-corrected chi connectivity index (χ0v) is 12.1. The van der Waals surface area contributed by atoms with Gasteiger partial charge >= 0.3 is 0 Å². The van der Waals surface area contributed by atoms with Crippen molar-refractivity contribution >= 4 is 15.7 Å². The first-order valence-electron chi connectivity index (χ1n) is 6.35. The molecule has 0 saturated carbocycles. The number of nitrogens with one attached hydrogen (secondary N) is 1. The van der Waals surface area contributed by atoms with E-state index in [1.54, 1.807) is 0 Å². The van der Waals surface area contributed by atoms with Gasteiger partial charge in [0.1, 0.15) is 9.84 Å². The van der Waals surface area contributed by atoms with E-state index in [0.717, 1.165) is 19.3 Å². The summed E-state index contributed by atoms with van der Waals surface area (Å²) in [5, 5.41) is 2.80. The molecule has 0 bridgehead atoms. The average Bonchev–Trinajstić information content (AvgIpc) is 2.70. The van der Waals surface area contributed by atoms with Gasteiger partial charge in [-0.25, -0.2) is 8.42 Å². The molecule has 1 saturated heterocycles. The number of hydrogen-bond acceptors (Lipinski definition) is 4. The van der Waals surface area contributed by atoms with Gasteiger partial charge in [0.25, 0.3) is 0 Å². The highest BCUT2D eigenvalue weighted by Crippen LogP contribution is 2.25. The molecule has 106 valence electrons. The van der Waals surface area contributed by atoms with E-state index in [0.29, 0.717) is 18.4 Å². The number of carbonyl (C=O) groups excluding carboxylic acids is 1. The minimum atomic E-state index is -3.07. The minimum Gasteiger partial charge on any atom is -0.378 e. The summed E-state index contributed by atoms with van der Waals surface area (Å²) in [6, 6.07) is 0. The Kier molecular flexibility index (Phi) is 5.59. The summed E-state index contributed by atoms with van der Waals surface area (Å²) in [6.07, 6.45) is 2.33. The molecule has 0 spiro atoms. The lowest BCUT2D eigenvalue weighted by Crippen LogP contribution is -2.35. The fourth-order valence-corrected chi connectivity index (χ4v) is 2.78. The van der Waals surface area contributed by atoms with Crippen LogP contribution in [0.3, 0.4) is 0 Å². The Morgan fingerprint density at radius 1 is 1.44 bits per heavy atom. The third kappa shape index (κ3) is 5.35. The molecule has 1 aliphatic rings. The maximum Gasteiger partial charge on any atom is 0.221 e. The van der Waals surface area contributed by atoms with Crippen molar-refractivity contribution in [1.29, 1.82) is 0 Å². The first-order chi connectivity index (χ1) is 8.29. The zero-order valence-electron chi connectivity index (χ0n) is 11.3. The van der Waals surface area contributed by atoms with Crippen molar-refractivity contribution in [2.24, 2.45) is 11.8 Å². The van der Waals surface area contributed by atoms with Gasteiger partial charge < -0.3 is 10.1 Å². The Bertz CT molecular complexity index is 378. The van der Waals surface area contributed by atoms with Crippen LogP contribution in [0.1, 0.15) is 26.7 Å². The number of ether oxygens (including phenoxy) is 1. The van der Waals surface area contributed by atoms with Gasteiger partial charge in [-0.15, -0.1) is 0 Å². The lowest BCUT2D eigenvalue weighted by atomic mass is 9.93. The second-order valence-corrected chi connectivity index (χ2v) is 7.57. The predicted octanol–water partition coefficient (Wildman–Crippen LogP) is 0.598. The second-order valence-electron chi connectivity index (χ2n) is 5.31. The van der Waals surface area contributed by atoms with Crippen LogP contribution < -0.4 is 5.32 Å². The highest BCUT2D eigenvalue weighted by molar-refractivity contribution is 7.90. The summed E-state index contributed by atoms with van der Waals surface area (Å²) in [7, 11) is -3.07. The van der Waals surface area contributed by atoms with Gasteiger partial charge in [0, 0.05) is 31.7 Å². The molecule has 1 amide bonds. The first kappa shape index (κ1) is 15.4. The first-order valence-corrected chi connectivity index (χ1v) is 8.41. The molecule has 1 rings (SSSR count). The van der Waals surface area contributed by atoms with Gasteiger partial charge in [-0.3, -0.25) is 4.79 Å². The molecular formula is C12H23NO4S. The van der Waals surface area contributed by atoms with Gasteiger partial charge in [0.05, 0.1) is 11.9 Å². The van der Waals surface area contributed by atoms with Crippen LogP contribution in [0.25, 0.3) is 0 Å². The van der Waals surface area contributed by atoms with E-state index in [2.05, 4.69) is 19.2 Å². The van der Waals surface area contributed by atoms with Crippen molar-refractivity contribution in [2.45, 2.75) is 32.8 Å². The summed E-state index contributed by atoms with van der Waals surface area (Å²) in [4.78, 5) is 11.5. The Morgan fingerprint density at radius 2 is 2.11 bits per heavy atom. The lowest BCUT2D eigenvalue weighted by molar-refractivity contribution is -0.121. The van der Waals surface area contributed by atoms with E-state index in [1.807, 2.05) is 0 Å². The Labute approximate surface area is 109 Å². The van der Waals surface area contributed by atoms with E-state index < -0.39 is 9.84 Å². The van der Waals surface area contributed by atoms with E-state index in [-0.39, 0.29) is 24.2 Å². The van der Waals surface area contributed by atoms with Crippen LogP contribution in [-0.2, 0) is 19.4 Å². The molecule has 6 heteroatoms. The molecule has 2 atom stereocenters. The van der Waals surface area contributed by atoms with Crippen LogP contribution in [0.4, 0.5) is 0 Å². The average molecular weight is 277 g/mol. The second kappa shape index (κ2) is 6.52. The van der Waals surface area contributed by atoms with Crippen LogP contribution in [0, 0.1) is 11.8 Å². The van der Waals surface area contributed by atoms with Gasteiger partial charge in [0.2, 0.25) is 5.91 Å². The molecule has 1 fully saturated rings. The molecule has 1 N–H and O–H groups in total. The molecule has 0 unspecified atom stereocenters. The molecule has 1 aliphatic heterocycles. The van der Waals surface area contributed by atoms with Crippen molar-refractivity contribution in [3.8, 4) is 0 Å². The van der Waals surface area contributed by atoms with E-state index in [4.69, 9.17) is 4.74 Å². The highest BCUT2D eigenvalue weighted by Gasteiger charge is 2.30. The smallest absolute Gasteiger partial charge is 0.221 e. The monoisotopic (exact) mass is 277 g/mol. The highest BCUT2D eigenvalue weighted by atomic mass is 32.2. The number of hydrogen-bond donors (Lipinski definition) is 1. The van der Waals surface area contributed by atoms with Crippen molar-refractivity contribution < 1.29 is 17.9 Å². The Hall–Kier alpha value is -0.620. The summed E-state index contributed by atoms with van der Waals surface area (Å²) >= 11 is 0. The van der Waals surface area contributed by atoms with Crippen LogP contribution >= 0.6 is 0 Å². The van der Waals surface area contributed by atoms with E-state index >= 15 is 0 Å². The maximum absolute atomic E-state index is 11.5. The molecule has 5 nitrogen and oxygen atoms in total. The molecule has 18 heavy (non-hydrogen) atoms. The molecule has 0 radical (unpaired) electrons. The van der Waals surface area contributed by atoms with Crippen LogP contribution in [0.5, 0.6) is 0 Å². The van der Waals surface area contributed by atoms with Crippen LogP contribution in [0.2, 0.25) is 0 Å². The van der Waals surface area contributed by atoms with E-state index in [9.17, 15) is 13.2 Å². The maximum atomic E-state index is 11.5. The normalized spacial score (nSPS) is 24.4. The molecule has 0 aromatic carbocycles. The summed E-state index contributed by atoms with van der Waals surface area (Å²) in [5.74, 6) is 0.487. The van der Waals surface area contributed by atoms with Gasteiger partial charge in [0.15, 0.2) is 0 Å². The van der Waals surface area contributed by atoms with Gasteiger partial charge in [-0.1, -0.05) is 13.8 Å². The zero-order chi connectivity index (χ0) is 13.8. The fourth-order valence-electron chi connectivity index (χ4n) is 2.22. The number of carbonyl (C=O) groups is 1. The minimum absolute atomic E-state index is 0.0404. The topological polar surface area (TPSA) is 72.5 Å². The third-order valence-electron chi connectivity index (χ3n) is 3.18. The van der Waals surface area contributed by atoms with Crippen molar-refractivity contribution in [2.75, 3.05) is 25.2 Å². The van der Waals surface area contributed by atoms with Gasteiger partial charge in [-0.2, -0.15) is 0 Å². The number of amides is 1. The number of sulfone groups is 1. The summed E-state index contributed by atoms with van der Waals surface area (Å²) in [5.41, 5.74) is 0. The third-order valence-corrected chi connectivity index (χ3v) is 4.13. The fraction of sp³-hybridized carbons (Fsp3) is 0.917. The predicted molar refractivity (Wildman–Crippen MR) is 70.0 cm³/mol. The van der Waals surface area contributed by atoms with Crippen LogP contribution in [0.15, 0.2) is 0 Å². The molecule has 0 aromatic rings.